The summed E-state index contributed by atoms with van der Waals surface area (Å²) in [4.78, 5) is 17.5. The molecule has 0 aromatic rings. The molecule has 0 aromatic carbocycles. The fourth-order valence-electron chi connectivity index (χ4n) is 1.82. The minimum absolute atomic E-state index is 0. The second kappa shape index (κ2) is 9.35. The van der Waals surface area contributed by atoms with Crippen LogP contribution in [0.25, 0.3) is 0 Å². The minimum Gasteiger partial charge on any atom is -0.370 e. The van der Waals surface area contributed by atoms with Crippen LogP contribution < -0.4 is 11.1 Å². The fraction of sp³-hybridized carbons (Fsp3) is 0.833. The zero-order chi connectivity index (χ0) is 13.5. The van der Waals surface area contributed by atoms with E-state index in [1.165, 1.54) is 0 Å². The Hall–Kier alpha value is -0.570. The van der Waals surface area contributed by atoms with Crippen LogP contribution >= 0.6 is 24.0 Å². The molecule has 1 amide bonds. The number of nitrogens with one attached hydrogen (secondary N) is 1. The Morgan fingerprint density at radius 2 is 2.16 bits per heavy atom. The molecular formula is C12H25IN4O2. The molecule has 2 unspecified atom stereocenters. The number of likely N-dealkylation sites (N-methyl/N-ethyl adjacent to an activating group) is 1. The molecule has 1 aliphatic heterocycles. The van der Waals surface area contributed by atoms with E-state index in [4.69, 9.17) is 10.5 Å². The summed E-state index contributed by atoms with van der Waals surface area (Å²) < 4.78 is 5.66. The highest BCUT2D eigenvalue weighted by Gasteiger charge is 2.31. The zero-order valence-corrected chi connectivity index (χ0v) is 14.2. The van der Waals surface area contributed by atoms with Gasteiger partial charge >= 0.3 is 0 Å². The number of rotatable bonds is 5. The van der Waals surface area contributed by atoms with Crippen molar-refractivity contribution in [3.05, 3.63) is 0 Å². The number of carbonyl (C=O) groups excluding carboxylic acids is 1. The first-order chi connectivity index (χ1) is 8.54. The van der Waals surface area contributed by atoms with E-state index in [1.54, 1.807) is 19.0 Å². The van der Waals surface area contributed by atoms with E-state index >= 15 is 0 Å². The molecule has 7 heteroatoms. The van der Waals surface area contributed by atoms with E-state index in [9.17, 15) is 4.79 Å². The lowest BCUT2D eigenvalue weighted by Gasteiger charge is -2.16. The molecule has 112 valence electrons. The highest BCUT2D eigenvalue weighted by atomic mass is 127. The van der Waals surface area contributed by atoms with Crippen molar-refractivity contribution < 1.29 is 9.53 Å². The lowest BCUT2D eigenvalue weighted by molar-refractivity contribution is -0.140. The van der Waals surface area contributed by atoms with Gasteiger partial charge in [0.05, 0.1) is 12.6 Å². The molecule has 3 N–H and O–H groups in total. The molecule has 6 nitrogen and oxygen atoms in total. The molecule has 0 aromatic heterocycles. The Balaban J connectivity index is 0.00000324. The van der Waals surface area contributed by atoms with E-state index in [2.05, 4.69) is 17.2 Å². The van der Waals surface area contributed by atoms with Crippen molar-refractivity contribution in [2.24, 2.45) is 10.7 Å². The monoisotopic (exact) mass is 384 g/mol. The first-order valence-corrected chi connectivity index (χ1v) is 6.45. The van der Waals surface area contributed by atoms with Gasteiger partial charge in [0.1, 0.15) is 6.10 Å². The van der Waals surface area contributed by atoms with E-state index in [1.807, 2.05) is 0 Å². The fourth-order valence-corrected chi connectivity index (χ4v) is 1.82. The maximum Gasteiger partial charge on any atom is 0.251 e. The third-order valence-corrected chi connectivity index (χ3v) is 2.85. The molecule has 0 spiro atoms. The second-order valence-corrected chi connectivity index (χ2v) is 4.71. The summed E-state index contributed by atoms with van der Waals surface area (Å²) in [7, 11) is 3.48. The van der Waals surface area contributed by atoms with Crippen LogP contribution in [0.4, 0.5) is 0 Å². The quantitative estimate of drug-likeness (QED) is 0.412. The van der Waals surface area contributed by atoms with Gasteiger partial charge < -0.3 is 20.7 Å². The molecule has 1 fully saturated rings. The molecule has 0 saturated carbocycles. The SMILES string of the molecule is CCCNC(N)=NCC1CCC(C(=O)N(C)C)O1.I. The number of guanidine groups is 1. The summed E-state index contributed by atoms with van der Waals surface area (Å²) in [5.41, 5.74) is 5.69. The van der Waals surface area contributed by atoms with Gasteiger partial charge in [0.15, 0.2) is 5.96 Å². The molecule has 1 heterocycles. The van der Waals surface area contributed by atoms with Crippen molar-refractivity contribution in [3.8, 4) is 0 Å². The third-order valence-electron chi connectivity index (χ3n) is 2.85. The van der Waals surface area contributed by atoms with Crippen molar-refractivity contribution in [2.45, 2.75) is 38.4 Å². The van der Waals surface area contributed by atoms with Crippen LogP contribution in [0.3, 0.4) is 0 Å². The lowest BCUT2D eigenvalue weighted by Crippen LogP contribution is -2.35. The molecule has 19 heavy (non-hydrogen) atoms. The molecule has 1 rings (SSSR count). The molecule has 0 bridgehead atoms. The molecule has 1 aliphatic rings. The number of nitrogens with zero attached hydrogens (tertiary/aromatic N) is 2. The first kappa shape index (κ1) is 18.4. The van der Waals surface area contributed by atoms with Crippen LogP contribution in [0.1, 0.15) is 26.2 Å². The van der Waals surface area contributed by atoms with Crippen LogP contribution in [0.15, 0.2) is 4.99 Å². The Bertz CT molecular complexity index is 310. The number of hydrogen-bond donors (Lipinski definition) is 2. The maximum absolute atomic E-state index is 11.7. The van der Waals surface area contributed by atoms with Crippen LogP contribution in [0.2, 0.25) is 0 Å². The molecule has 1 saturated heterocycles. The average Bonchev–Trinajstić information content (AvgIpc) is 2.81. The summed E-state index contributed by atoms with van der Waals surface area (Å²) in [6.07, 6.45) is 2.31. The van der Waals surface area contributed by atoms with Crippen molar-refractivity contribution >= 4 is 35.8 Å². The Morgan fingerprint density at radius 3 is 2.74 bits per heavy atom. The van der Waals surface area contributed by atoms with Gasteiger partial charge in [-0.1, -0.05) is 6.92 Å². The van der Waals surface area contributed by atoms with E-state index in [0.29, 0.717) is 12.5 Å². The standard InChI is InChI=1S/C12H24N4O2.HI/c1-4-7-14-12(13)15-8-9-5-6-10(18-9)11(17)16(2)3;/h9-10H,4-8H2,1-3H3,(H3,13,14,15);1H. The van der Waals surface area contributed by atoms with Gasteiger partial charge in [0.25, 0.3) is 5.91 Å². The van der Waals surface area contributed by atoms with Crippen molar-refractivity contribution in [1.82, 2.24) is 10.2 Å². The van der Waals surface area contributed by atoms with Gasteiger partial charge in [-0.15, -0.1) is 24.0 Å². The summed E-state index contributed by atoms with van der Waals surface area (Å²) in [6.45, 7) is 3.40. The zero-order valence-electron chi connectivity index (χ0n) is 11.9. The lowest BCUT2D eigenvalue weighted by atomic mass is 10.2. The number of hydrogen-bond acceptors (Lipinski definition) is 3. The van der Waals surface area contributed by atoms with Crippen LogP contribution in [-0.2, 0) is 9.53 Å². The number of nitrogens with two attached hydrogens (primary N) is 1. The minimum atomic E-state index is -0.315. The van der Waals surface area contributed by atoms with Crippen molar-refractivity contribution in [1.29, 1.82) is 0 Å². The predicted molar refractivity (Wildman–Crippen MR) is 86.8 cm³/mol. The van der Waals surface area contributed by atoms with Crippen molar-refractivity contribution in [3.63, 3.8) is 0 Å². The number of amides is 1. The highest BCUT2D eigenvalue weighted by molar-refractivity contribution is 14.0. The molecule has 2 atom stereocenters. The van der Waals surface area contributed by atoms with Gasteiger partial charge in [-0.2, -0.15) is 0 Å². The topological polar surface area (TPSA) is 79.9 Å². The highest BCUT2D eigenvalue weighted by Crippen LogP contribution is 2.21. The summed E-state index contributed by atoms with van der Waals surface area (Å²) >= 11 is 0. The molecule has 0 aliphatic carbocycles. The maximum atomic E-state index is 11.7. The molecular weight excluding hydrogens is 359 g/mol. The van der Waals surface area contributed by atoms with Crippen molar-refractivity contribution in [2.75, 3.05) is 27.2 Å². The number of ether oxygens (including phenoxy) is 1. The Labute approximate surface area is 132 Å². The largest absolute Gasteiger partial charge is 0.370 e. The van der Waals surface area contributed by atoms with E-state index < -0.39 is 0 Å². The third kappa shape index (κ3) is 6.42. The van der Waals surface area contributed by atoms with Gasteiger partial charge in [-0.25, -0.2) is 0 Å². The number of carbonyl (C=O) groups is 1. The van der Waals surface area contributed by atoms with Gasteiger partial charge in [-0.3, -0.25) is 9.79 Å². The summed E-state index contributed by atoms with van der Waals surface area (Å²) in [6, 6.07) is 0. The summed E-state index contributed by atoms with van der Waals surface area (Å²) in [5, 5.41) is 3.01. The van der Waals surface area contributed by atoms with Crippen LogP contribution in [0.5, 0.6) is 0 Å². The van der Waals surface area contributed by atoms with Crippen LogP contribution in [-0.4, -0.2) is 56.2 Å². The van der Waals surface area contributed by atoms with Crippen LogP contribution in [0, 0.1) is 0 Å². The molecule has 0 radical (unpaired) electrons. The average molecular weight is 384 g/mol. The van der Waals surface area contributed by atoms with Gasteiger partial charge in [0.2, 0.25) is 0 Å². The number of halogens is 1. The normalized spacial score (nSPS) is 22.8. The summed E-state index contributed by atoms with van der Waals surface area (Å²) in [5.74, 6) is 0.474. The predicted octanol–water partition coefficient (Wildman–Crippen LogP) is 0.554. The van der Waals surface area contributed by atoms with Gasteiger partial charge in [-0.05, 0) is 19.3 Å². The van der Waals surface area contributed by atoms with E-state index in [0.717, 1.165) is 25.8 Å². The smallest absolute Gasteiger partial charge is 0.251 e. The Kier molecular flexibility index (Phi) is 9.07. The first-order valence-electron chi connectivity index (χ1n) is 6.45. The Morgan fingerprint density at radius 1 is 1.47 bits per heavy atom. The number of aliphatic imine (C=N–C) groups is 1. The second-order valence-electron chi connectivity index (χ2n) is 4.71. The van der Waals surface area contributed by atoms with E-state index in [-0.39, 0.29) is 42.1 Å². The van der Waals surface area contributed by atoms with Gasteiger partial charge in [0, 0.05) is 20.6 Å².